The number of aromatic nitrogens is 5. The molecule has 1 unspecified atom stereocenters. The minimum atomic E-state index is -0.244. The molecule has 8 heteroatoms. The van der Waals surface area contributed by atoms with Crippen LogP contribution in [0.4, 0.5) is 11.8 Å². The molecule has 4 N–H and O–H groups in total. The second-order valence-corrected chi connectivity index (χ2v) is 7.02. The molecule has 0 saturated heterocycles. The van der Waals surface area contributed by atoms with Crippen molar-refractivity contribution < 1.29 is 0 Å². The first-order valence-electron chi connectivity index (χ1n) is 8.22. The highest BCUT2D eigenvalue weighted by molar-refractivity contribution is 5.87. The van der Waals surface area contributed by atoms with E-state index >= 15 is 0 Å². The fourth-order valence-corrected chi connectivity index (χ4v) is 2.45. The van der Waals surface area contributed by atoms with Gasteiger partial charge in [-0.2, -0.15) is 15.1 Å². The number of fused-ring (bicyclic) bond motifs is 1. The van der Waals surface area contributed by atoms with Gasteiger partial charge in [-0.15, -0.1) is 0 Å². The maximum Gasteiger partial charge on any atom is 0.226 e. The van der Waals surface area contributed by atoms with Crippen LogP contribution in [0.2, 0.25) is 0 Å². The molecule has 0 aliphatic carbocycles. The molecule has 3 heterocycles. The third-order valence-electron chi connectivity index (χ3n) is 3.63. The summed E-state index contributed by atoms with van der Waals surface area (Å²) < 4.78 is 1.73. The van der Waals surface area contributed by atoms with Crippen LogP contribution in [0.3, 0.4) is 0 Å². The Morgan fingerprint density at radius 1 is 1.24 bits per heavy atom. The van der Waals surface area contributed by atoms with Crippen LogP contribution in [0.15, 0.2) is 30.6 Å². The van der Waals surface area contributed by atoms with E-state index in [-0.39, 0.29) is 11.6 Å². The molecule has 0 aromatic carbocycles. The van der Waals surface area contributed by atoms with Gasteiger partial charge in [-0.1, -0.05) is 6.07 Å². The molecule has 3 rings (SSSR count). The minimum Gasteiger partial charge on any atom is -0.365 e. The van der Waals surface area contributed by atoms with Crippen LogP contribution >= 0.6 is 0 Å². The Kier molecular flexibility index (Phi) is 4.54. The molecular formula is C17H24N8. The third-order valence-corrected chi connectivity index (χ3v) is 3.63. The SMILES string of the molecule is Cn1ncc2c(NC(C)(C)C)nc(NCC(N)c3ccccn3)nc21. The molecule has 3 aromatic rings. The standard InChI is InChI=1S/C17H24N8/c1-17(2,3)24-14-11-9-21-25(4)15(11)23-16(22-14)20-10-12(18)13-7-5-6-8-19-13/h5-9,12H,10,18H2,1-4H3,(H2,20,22,23,24). The fourth-order valence-electron chi connectivity index (χ4n) is 2.45. The fraction of sp³-hybridized carbons (Fsp3) is 0.412. The molecule has 3 aromatic heterocycles. The summed E-state index contributed by atoms with van der Waals surface area (Å²) in [6.07, 6.45) is 3.51. The molecule has 0 amide bonds. The van der Waals surface area contributed by atoms with E-state index in [1.54, 1.807) is 17.1 Å². The Labute approximate surface area is 146 Å². The van der Waals surface area contributed by atoms with E-state index in [9.17, 15) is 0 Å². The normalized spacial score (nSPS) is 13.0. The summed E-state index contributed by atoms with van der Waals surface area (Å²) in [6, 6.07) is 5.45. The Morgan fingerprint density at radius 3 is 2.72 bits per heavy atom. The second-order valence-electron chi connectivity index (χ2n) is 7.02. The number of nitrogens with two attached hydrogens (primary N) is 1. The van der Waals surface area contributed by atoms with Crippen molar-refractivity contribution in [1.29, 1.82) is 0 Å². The van der Waals surface area contributed by atoms with Crippen molar-refractivity contribution in [2.45, 2.75) is 32.4 Å². The van der Waals surface area contributed by atoms with E-state index in [0.29, 0.717) is 12.5 Å². The predicted molar refractivity (Wildman–Crippen MR) is 99.3 cm³/mol. The Balaban J connectivity index is 1.85. The summed E-state index contributed by atoms with van der Waals surface area (Å²) in [5.74, 6) is 1.26. The van der Waals surface area contributed by atoms with Gasteiger partial charge in [-0.05, 0) is 32.9 Å². The van der Waals surface area contributed by atoms with Crippen LogP contribution in [-0.4, -0.2) is 36.8 Å². The smallest absolute Gasteiger partial charge is 0.226 e. The predicted octanol–water partition coefficient (Wildman–Crippen LogP) is 2.08. The van der Waals surface area contributed by atoms with Crippen molar-refractivity contribution in [3.05, 3.63) is 36.3 Å². The zero-order valence-corrected chi connectivity index (χ0v) is 15.0. The van der Waals surface area contributed by atoms with Crippen molar-refractivity contribution >= 4 is 22.8 Å². The lowest BCUT2D eigenvalue weighted by atomic mass is 10.1. The Hall–Kier alpha value is -2.74. The molecule has 0 spiro atoms. The summed E-state index contributed by atoms with van der Waals surface area (Å²) in [5, 5.41) is 11.8. The lowest BCUT2D eigenvalue weighted by Gasteiger charge is -2.22. The monoisotopic (exact) mass is 340 g/mol. The molecule has 132 valence electrons. The van der Waals surface area contributed by atoms with Gasteiger partial charge in [0.15, 0.2) is 5.65 Å². The van der Waals surface area contributed by atoms with Crippen LogP contribution in [-0.2, 0) is 7.05 Å². The number of anilines is 2. The first kappa shape index (κ1) is 17.1. The molecule has 0 aliphatic heterocycles. The largest absolute Gasteiger partial charge is 0.365 e. The number of hydrogen-bond acceptors (Lipinski definition) is 7. The zero-order valence-electron chi connectivity index (χ0n) is 15.0. The van der Waals surface area contributed by atoms with Crippen LogP contribution in [0.1, 0.15) is 32.5 Å². The first-order valence-corrected chi connectivity index (χ1v) is 8.22. The van der Waals surface area contributed by atoms with Crippen LogP contribution < -0.4 is 16.4 Å². The van der Waals surface area contributed by atoms with Crippen molar-refractivity contribution in [1.82, 2.24) is 24.7 Å². The second kappa shape index (κ2) is 6.64. The molecule has 0 saturated carbocycles. The third kappa shape index (κ3) is 4.03. The van der Waals surface area contributed by atoms with Gasteiger partial charge in [0.2, 0.25) is 5.95 Å². The average Bonchev–Trinajstić information content (AvgIpc) is 2.94. The van der Waals surface area contributed by atoms with Gasteiger partial charge in [0.25, 0.3) is 0 Å². The highest BCUT2D eigenvalue weighted by Gasteiger charge is 2.17. The molecular weight excluding hydrogens is 316 g/mol. The van der Waals surface area contributed by atoms with Crippen molar-refractivity contribution in [3.8, 4) is 0 Å². The molecule has 0 bridgehead atoms. The van der Waals surface area contributed by atoms with E-state index in [4.69, 9.17) is 5.73 Å². The van der Waals surface area contributed by atoms with E-state index in [0.717, 1.165) is 22.5 Å². The van der Waals surface area contributed by atoms with Gasteiger partial charge in [0.05, 0.1) is 23.3 Å². The van der Waals surface area contributed by atoms with Gasteiger partial charge >= 0.3 is 0 Å². The molecule has 0 radical (unpaired) electrons. The number of pyridine rings is 1. The van der Waals surface area contributed by atoms with E-state index in [1.165, 1.54) is 0 Å². The lowest BCUT2D eigenvalue weighted by Crippen LogP contribution is -2.27. The van der Waals surface area contributed by atoms with Crippen molar-refractivity contribution in [2.24, 2.45) is 12.8 Å². The number of aryl methyl sites for hydroxylation is 1. The van der Waals surface area contributed by atoms with E-state index in [1.807, 2.05) is 25.2 Å². The topological polar surface area (TPSA) is 107 Å². The quantitative estimate of drug-likeness (QED) is 0.653. The average molecular weight is 340 g/mol. The molecule has 1 atom stereocenters. The first-order chi connectivity index (χ1) is 11.8. The van der Waals surface area contributed by atoms with E-state index in [2.05, 4.69) is 51.5 Å². The van der Waals surface area contributed by atoms with Gasteiger partial charge in [-0.3, -0.25) is 9.67 Å². The summed E-state index contributed by atoms with van der Waals surface area (Å²) in [4.78, 5) is 13.4. The van der Waals surface area contributed by atoms with Crippen molar-refractivity contribution in [3.63, 3.8) is 0 Å². The lowest BCUT2D eigenvalue weighted by molar-refractivity contribution is 0.631. The maximum absolute atomic E-state index is 6.19. The number of rotatable bonds is 5. The Morgan fingerprint density at radius 2 is 2.04 bits per heavy atom. The van der Waals surface area contributed by atoms with Crippen molar-refractivity contribution in [2.75, 3.05) is 17.2 Å². The molecule has 0 fully saturated rings. The number of hydrogen-bond donors (Lipinski definition) is 3. The van der Waals surface area contributed by atoms with E-state index < -0.39 is 0 Å². The van der Waals surface area contributed by atoms with Gasteiger partial charge in [0.1, 0.15) is 5.82 Å². The summed E-state index contributed by atoms with van der Waals surface area (Å²) in [7, 11) is 1.86. The highest BCUT2D eigenvalue weighted by atomic mass is 15.3. The zero-order chi connectivity index (χ0) is 18.0. The molecule has 25 heavy (non-hydrogen) atoms. The summed E-state index contributed by atoms with van der Waals surface area (Å²) in [5.41, 5.74) is 7.65. The maximum atomic E-state index is 6.19. The summed E-state index contributed by atoms with van der Waals surface area (Å²) >= 11 is 0. The van der Waals surface area contributed by atoms with Gasteiger partial charge < -0.3 is 16.4 Å². The van der Waals surface area contributed by atoms with Gasteiger partial charge in [-0.25, -0.2) is 0 Å². The minimum absolute atomic E-state index is 0.126. The van der Waals surface area contributed by atoms with Crippen LogP contribution in [0, 0.1) is 0 Å². The van der Waals surface area contributed by atoms with Crippen LogP contribution in [0.25, 0.3) is 11.0 Å². The summed E-state index contributed by atoms with van der Waals surface area (Å²) in [6.45, 7) is 6.74. The number of nitrogens with zero attached hydrogens (tertiary/aromatic N) is 5. The van der Waals surface area contributed by atoms with Gasteiger partial charge in [0, 0.05) is 25.3 Å². The van der Waals surface area contributed by atoms with Crippen LogP contribution in [0.5, 0.6) is 0 Å². The highest BCUT2D eigenvalue weighted by Crippen LogP contribution is 2.24. The molecule has 0 aliphatic rings. The Bertz CT molecular complexity index is 850. The number of nitrogens with one attached hydrogen (secondary N) is 2. The molecule has 8 nitrogen and oxygen atoms in total.